The average molecular weight is 250 g/mol. The molecule has 0 bridgehead atoms. The van der Waals surface area contributed by atoms with Crippen molar-refractivity contribution in [1.29, 1.82) is 0 Å². The second kappa shape index (κ2) is 11.2. The van der Waals surface area contributed by atoms with Crippen LogP contribution in [0.2, 0.25) is 0 Å². The standard InChI is InChI=1S/C12H24ClNO2/c1-3-4-5-6-7-8-12(15)14-11(9-13)10-16-2/h11H,3-10H2,1-2H3,(H,14,15). The van der Waals surface area contributed by atoms with E-state index in [0.29, 0.717) is 18.9 Å². The second-order valence-electron chi connectivity index (χ2n) is 4.04. The summed E-state index contributed by atoms with van der Waals surface area (Å²) in [5.74, 6) is 0.481. The van der Waals surface area contributed by atoms with Crippen molar-refractivity contribution in [2.45, 2.75) is 51.5 Å². The molecule has 0 aliphatic heterocycles. The third-order valence-electron chi connectivity index (χ3n) is 2.43. The normalized spacial score (nSPS) is 12.4. The third-order valence-corrected chi connectivity index (χ3v) is 2.80. The highest BCUT2D eigenvalue weighted by molar-refractivity contribution is 6.18. The van der Waals surface area contributed by atoms with Crippen molar-refractivity contribution in [2.24, 2.45) is 0 Å². The van der Waals surface area contributed by atoms with E-state index in [0.717, 1.165) is 12.8 Å². The van der Waals surface area contributed by atoms with Crippen molar-refractivity contribution in [3.63, 3.8) is 0 Å². The minimum Gasteiger partial charge on any atom is -0.383 e. The summed E-state index contributed by atoms with van der Waals surface area (Å²) in [6.07, 6.45) is 6.41. The van der Waals surface area contributed by atoms with Crippen LogP contribution in [0, 0.1) is 0 Å². The molecule has 0 aliphatic rings. The average Bonchev–Trinajstić information content (AvgIpc) is 2.28. The zero-order chi connectivity index (χ0) is 12.2. The molecular formula is C12H24ClNO2. The predicted molar refractivity (Wildman–Crippen MR) is 67.9 cm³/mol. The monoisotopic (exact) mass is 249 g/mol. The smallest absolute Gasteiger partial charge is 0.220 e. The maximum atomic E-state index is 11.5. The Hall–Kier alpha value is -0.280. The molecule has 1 atom stereocenters. The Balaban J connectivity index is 3.48. The summed E-state index contributed by atoms with van der Waals surface area (Å²) in [5, 5.41) is 2.86. The maximum absolute atomic E-state index is 11.5. The van der Waals surface area contributed by atoms with E-state index in [-0.39, 0.29) is 11.9 Å². The van der Waals surface area contributed by atoms with E-state index in [2.05, 4.69) is 12.2 Å². The van der Waals surface area contributed by atoms with E-state index in [1.807, 2.05) is 0 Å². The van der Waals surface area contributed by atoms with Crippen molar-refractivity contribution < 1.29 is 9.53 Å². The Kier molecular flexibility index (Phi) is 11.0. The van der Waals surface area contributed by atoms with Crippen LogP contribution in [-0.4, -0.2) is 31.5 Å². The van der Waals surface area contributed by atoms with Crippen LogP contribution in [0.4, 0.5) is 0 Å². The quantitative estimate of drug-likeness (QED) is 0.478. The summed E-state index contributed by atoms with van der Waals surface area (Å²) in [4.78, 5) is 11.5. The summed E-state index contributed by atoms with van der Waals surface area (Å²) >= 11 is 5.70. The molecule has 0 rings (SSSR count). The number of ether oxygens (including phenoxy) is 1. The van der Waals surface area contributed by atoms with Crippen LogP contribution in [0.1, 0.15) is 45.4 Å². The highest BCUT2D eigenvalue weighted by atomic mass is 35.5. The van der Waals surface area contributed by atoms with Crippen molar-refractivity contribution in [3.05, 3.63) is 0 Å². The van der Waals surface area contributed by atoms with Crippen LogP contribution in [0.3, 0.4) is 0 Å². The molecular weight excluding hydrogens is 226 g/mol. The lowest BCUT2D eigenvalue weighted by atomic mass is 10.1. The number of hydrogen-bond acceptors (Lipinski definition) is 2. The molecule has 0 heterocycles. The summed E-state index contributed by atoms with van der Waals surface area (Å²) in [6.45, 7) is 2.66. The molecule has 0 saturated carbocycles. The molecule has 16 heavy (non-hydrogen) atoms. The first-order valence-electron chi connectivity index (χ1n) is 6.08. The number of hydrogen-bond donors (Lipinski definition) is 1. The van der Waals surface area contributed by atoms with E-state index in [1.165, 1.54) is 19.3 Å². The predicted octanol–water partition coefficient (Wildman–Crippen LogP) is 2.72. The maximum Gasteiger partial charge on any atom is 0.220 e. The van der Waals surface area contributed by atoms with Gasteiger partial charge in [0, 0.05) is 19.4 Å². The van der Waals surface area contributed by atoms with Gasteiger partial charge in [-0.15, -0.1) is 11.6 Å². The molecule has 1 amide bonds. The Morgan fingerprint density at radius 3 is 2.56 bits per heavy atom. The first-order chi connectivity index (χ1) is 7.74. The van der Waals surface area contributed by atoms with Gasteiger partial charge in [0.25, 0.3) is 0 Å². The van der Waals surface area contributed by atoms with Crippen molar-refractivity contribution >= 4 is 17.5 Å². The Labute approximate surface area is 104 Å². The Morgan fingerprint density at radius 1 is 1.31 bits per heavy atom. The Morgan fingerprint density at radius 2 is 2.00 bits per heavy atom. The molecule has 0 fully saturated rings. The number of rotatable bonds is 10. The highest BCUT2D eigenvalue weighted by Crippen LogP contribution is 2.05. The van der Waals surface area contributed by atoms with Gasteiger partial charge in [-0.3, -0.25) is 4.79 Å². The van der Waals surface area contributed by atoms with Crippen LogP contribution >= 0.6 is 11.6 Å². The summed E-state index contributed by atoms with van der Waals surface area (Å²) in [5.41, 5.74) is 0. The van der Waals surface area contributed by atoms with Crippen LogP contribution < -0.4 is 5.32 Å². The van der Waals surface area contributed by atoms with Gasteiger partial charge in [0.05, 0.1) is 12.6 Å². The number of halogens is 1. The molecule has 96 valence electrons. The van der Waals surface area contributed by atoms with E-state index < -0.39 is 0 Å². The summed E-state index contributed by atoms with van der Waals surface area (Å²) in [6, 6.07) is -0.0604. The number of methoxy groups -OCH3 is 1. The topological polar surface area (TPSA) is 38.3 Å². The van der Waals surface area contributed by atoms with E-state index in [9.17, 15) is 4.79 Å². The van der Waals surface area contributed by atoms with Gasteiger partial charge < -0.3 is 10.1 Å². The SMILES string of the molecule is CCCCCCCC(=O)NC(CCl)COC. The molecule has 1 unspecified atom stereocenters. The molecule has 0 saturated heterocycles. The summed E-state index contributed by atoms with van der Waals surface area (Å²) < 4.78 is 4.95. The lowest BCUT2D eigenvalue weighted by molar-refractivity contribution is -0.122. The lowest BCUT2D eigenvalue weighted by Crippen LogP contribution is -2.39. The Bertz CT molecular complexity index is 176. The largest absolute Gasteiger partial charge is 0.383 e. The number of unbranched alkanes of at least 4 members (excludes halogenated alkanes) is 4. The zero-order valence-corrected chi connectivity index (χ0v) is 11.2. The van der Waals surface area contributed by atoms with Gasteiger partial charge in [0.15, 0.2) is 0 Å². The van der Waals surface area contributed by atoms with Gasteiger partial charge in [-0.25, -0.2) is 0 Å². The fraction of sp³-hybridized carbons (Fsp3) is 0.917. The zero-order valence-electron chi connectivity index (χ0n) is 10.4. The van der Waals surface area contributed by atoms with E-state index in [1.54, 1.807) is 7.11 Å². The number of alkyl halides is 1. The van der Waals surface area contributed by atoms with Gasteiger partial charge >= 0.3 is 0 Å². The molecule has 0 aromatic heterocycles. The highest BCUT2D eigenvalue weighted by Gasteiger charge is 2.10. The first-order valence-corrected chi connectivity index (χ1v) is 6.62. The fourth-order valence-electron chi connectivity index (χ4n) is 1.51. The fourth-order valence-corrected chi connectivity index (χ4v) is 1.68. The molecule has 0 aliphatic carbocycles. The summed E-state index contributed by atoms with van der Waals surface area (Å²) in [7, 11) is 1.61. The van der Waals surface area contributed by atoms with Gasteiger partial charge in [-0.2, -0.15) is 0 Å². The van der Waals surface area contributed by atoms with Gasteiger partial charge in [-0.05, 0) is 6.42 Å². The second-order valence-corrected chi connectivity index (χ2v) is 4.35. The molecule has 0 aromatic rings. The molecule has 1 N–H and O–H groups in total. The van der Waals surface area contributed by atoms with Crippen molar-refractivity contribution in [3.8, 4) is 0 Å². The molecule has 4 heteroatoms. The van der Waals surface area contributed by atoms with E-state index in [4.69, 9.17) is 16.3 Å². The minimum absolute atomic E-state index is 0.0604. The van der Waals surface area contributed by atoms with Gasteiger partial charge in [-0.1, -0.05) is 32.6 Å². The number of nitrogens with one attached hydrogen (secondary N) is 1. The molecule has 0 spiro atoms. The van der Waals surface area contributed by atoms with Crippen LogP contribution in [0.5, 0.6) is 0 Å². The number of amides is 1. The van der Waals surface area contributed by atoms with Crippen LogP contribution in [0.25, 0.3) is 0 Å². The van der Waals surface area contributed by atoms with Crippen molar-refractivity contribution in [2.75, 3.05) is 19.6 Å². The van der Waals surface area contributed by atoms with Crippen LogP contribution in [0.15, 0.2) is 0 Å². The third kappa shape index (κ3) is 8.98. The number of carbonyl (C=O) groups excluding carboxylic acids is 1. The number of carbonyl (C=O) groups is 1. The van der Waals surface area contributed by atoms with E-state index >= 15 is 0 Å². The molecule has 3 nitrogen and oxygen atoms in total. The minimum atomic E-state index is -0.0604. The lowest BCUT2D eigenvalue weighted by Gasteiger charge is -2.14. The molecule has 0 aromatic carbocycles. The van der Waals surface area contributed by atoms with Gasteiger partial charge in [0.1, 0.15) is 0 Å². The first kappa shape index (κ1) is 15.7. The van der Waals surface area contributed by atoms with Crippen LogP contribution in [-0.2, 0) is 9.53 Å². The molecule has 0 radical (unpaired) electrons. The van der Waals surface area contributed by atoms with Crippen molar-refractivity contribution in [1.82, 2.24) is 5.32 Å². The van der Waals surface area contributed by atoms with Gasteiger partial charge in [0.2, 0.25) is 5.91 Å².